The third kappa shape index (κ3) is 5.62. The smallest absolute Gasteiger partial charge is 0.307 e. The third-order valence-corrected chi connectivity index (χ3v) is 7.05. The maximum Gasteiger partial charge on any atom is 0.307 e. The highest BCUT2D eigenvalue weighted by molar-refractivity contribution is 5.99. The van der Waals surface area contributed by atoms with Gasteiger partial charge in [-0.3, -0.25) is 9.59 Å². The molecule has 2 N–H and O–H groups in total. The van der Waals surface area contributed by atoms with Gasteiger partial charge in [0.15, 0.2) is 5.78 Å². The third-order valence-electron chi connectivity index (χ3n) is 7.05. The average Bonchev–Trinajstić information content (AvgIpc) is 3.47. The van der Waals surface area contributed by atoms with Crippen molar-refractivity contribution in [1.82, 2.24) is 4.57 Å². The molecule has 4 rings (SSSR count). The molecular formula is C29H33NO6. The number of carboxylic acid groups (broad SMARTS) is 1. The summed E-state index contributed by atoms with van der Waals surface area (Å²) in [6, 6.07) is 13.7. The van der Waals surface area contributed by atoms with E-state index in [4.69, 9.17) is 14.6 Å². The number of hydrogen-bond donors (Lipinski definition) is 2. The fourth-order valence-electron chi connectivity index (χ4n) is 5.42. The minimum absolute atomic E-state index is 0.0426. The quantitative estimate of drug-likeness (QED) is 0.384. The van der Waals surface area contributed by atoms with Crippen molar-refractivity contribution in [2.75, 3.05) is 14.2 Å². The Hall–Kier alpha value is -3.58. The Labute approximate surface area is 211 Å². The second-order valence-electron chi connectivity index (χ2n) is 9.63. The molecule has 0 amide bonds. The van der Waals surface area contributed by atoms with Gasteiger partial charge in [0.2, 0.25) is 0 Å². The zero-order chi connectivity index (χ0) is 25.8. The lowest BCUT2D eigenvalue weighted by Gasteiger charge is -2.27. The number of rotatable bonds is 11. The van der Waals surface area contributed by atoms with Crippen molar-refractivity contribution < 1.29 is 29.3 Å². The average molecular weight is 492 g/mol. The molecule has 2 atom stereocenters. The number of fused-ring (bicyclic) bond motifs is 1. The Morgan fingerprint density at radius 3 is 2.19 bits per heavy atom. The van der Waals surface area contributed by atoms with Crippen LogP contribution >= 0.6 is 0 Å². The minimum atomic E-state index is -0.877. The van der Waals surface area contributed by atoms with Gasteiger partial charge in [0.1, 0.15) is 17.1 Å². The first-order valence-corrected chi connectivity index (χ1v) is 12.2. The van der Waals surface area contributed by atoms with Crippen molar-refractivity contribution in [3.05, 3.63) is 82.7 Å². The number of hydrogen-bond acceptors (Lipinski definition) is 5. The van der Waals surface area contributed by atoms with E-state index in [1.165, 1.54) is 32.3 Å². The molecule has 0 radical (unpaired) electrons. The molecule has 0 fully saturated rings. The van der Waals surface area contributed by atoms with Gasteiger partial charge in [0, 0.05) is 24.9 Å². The summed E-state index contributed by atoms with van der Waals surface area (Å²) in [4.78, 5) is 23.3. The van der Waals surface area contributed by atoms with Crippen molar-refractivity contribution in [3.63, 3.8) is 0 Å². The number of aromatic nitrogens is 1. The monoisotopic (exact) mass is 491 g/mol. The molecule has 1 aliphatic carbocycles. The Bertz CT molecular complexity index is 1200. The summed E-state index contributed by atoms with van der Waals surface area (Å²) < 4.78 is 12.9. The summed E-state index contributed by atoms with van der Waals surface area (Å²) in [5, 5.41) is 20.8. The van der Waals surface area contributed by atoms with Crippen LogP contribution in [0.4, 0.5) is 0 Å². The number of nitrogens with zero attached hydrogens (tertiary/aromatic N) is 1. The molecule has 2 aromatic carbocycles. The summed E-state index contributed by atoms with van der Waals surface area (Å²) >= 11 is 0. The van der Waals surface area contributed by atoms with Gasteiger partial charge in [-0.1, -0.05) is 24.3 Å². The second-order valence-corrected chi connectivity index (χ2v) is 9.63. The molecular weight excluding hydrogens is 458 g/mol. The Balaban J connectivity index is 1.64. The van der Waals surface area contributed by atoms with E-state index in [9.17, 15) is 14.7 Å². The second kappa shape index (κ2) is 11.0. The van der Waals surface area contributed by atoms with Crippen molar-refractivity contribution in [2.24, 2.45) is 11.8 Å². The maximum atomic E-state index is 12.2. The van der Waals surface area contributed by atoms with Crippen molar-refractivity contribution in [1.29, 1.82) is 0 Å². The molecule has 0 saturated heterocycles. The highest BCUT2D eigenvalue weighted by Gasteiger charge is 2.30. The number of carbonyl (C=O) groups excluding carboxylic acids is 1. The Morgan fingerprint density at radius 1 is 1.06 bits per heavy atom. The van der Waals surface area contributed by atoms with Gasteiger partial charge in [0.25, 0.3) is 0 Å². The molecule has 0 spiro atoms. The standard InChI is InChI=1S/C29H33NO6/c1-18(31)28-25(35-2)14-23(15-26(28)36-3)29(34)24(17-30-9-8-19(16-30)13-27(32)33)12-20-10-21-6-4-5-7-22(21)11-20/h4-9,14-16,20,24,29,34H,10-13,17H2,1-3H3,(H,32,33)/t24-,29-/m1/s1. The topological polar surface area (TPSA) is 98.0 Å². The fourth-order valence-corrected chi connectivity index (χ4v) is 5.42. The number of carbonyl (C=O) groups is 2. The van der Waals surface area contributed by atoms with Gasteiger partial charge in [0.05, 0.1) is 26.7 Å². The highest BCUT2D eigenvalue weighted by Crippen LogP contribution is 2.39. The van der Waals surface area contributed by atoms with Crippen molar-refractivity contribution in [3.8, 4) is 11.5 Å². The van der Waals surface area contributed by atoms with E-state index in [0.717, 1.165) is 24.8 Å². The summed E-state index contributed by atoms with van der Waals surface area (Å²) in [5.74, 6) is -0.0928. The van der Waals surface area contributed by atoms with Gasteiger partial charge < -0.3 is 24.3 Å². The van der Waals surface area contributed by atoms with Gasteiger partial charge >= 0.3 is 5.97 Å². The van der Waals surface area contributed by atoms with Gasteiger partial charge in [-0.2, -0.15) is 0 Å². The van der Waals surface area contributed by atoms with Crippen LogP contribution in [-0.2, 0) is 30.6 Å². The molecule has 7 nitrogen and oxygen atoms in total. The number of aliphatic hydroxyl groups excluding tert-OH is 1. The van der Waals surface area contributed by atoms with E-state index in [1.807, 2.05) is 17.0 Å². The molecule has 3 aromatic rings. The van der Waals surface area contributed by atoms with Crippen LogP contribution in [0.25, 0.3) is 0 Å². The molecule has 190 valence electrons. The zero-order valence-corrected chi connectivity index (χ0v) is 20.9. The molecule has 0 unspecified atom stereocenters. The predicted octanol–water partition coefficient (Wildman–Crippen LogP) is 4.49. The number of methoxy groups -OCH3 is 2. The van der Waals surface area contributed by atoms with Crippen LogP contribution in [0.3, 0.4) is 0 Å². The number of carboxylic acids is 1. The number of benzene rings is 2. The highest BCUT2D eigenvalue weighted by atomic mass is 16.5. The van der Waals surface area contributed by atoms with Gasteiger partial charge in [-0.25, -0.2) is 0 Å². The van der Waals surface area contributed by atoms with Gasteiger partial charge in [-0.05, 0) is 72.6 Å². The first-order valence-electron chi connectivity index (χ1n) is 12.2. The predicted molar refractivity (Wildman–Crippen MR) is 136 cm³/mol. The van der Waals surface area contributed by atoms with E-state index >= 15 is 0 Å². The van der Waals surface area contributed by atoms with Crippen LogP contribution in [0.5, 0.6) is 11.5 Å². The van der Waals surface area contributed by atoms with Crippen LogP contribution in [0.15, 0.2) is 54.9 Å². The first kappa shape index (κ1) is 25.5. The number of ether oxygens (including phenoxy) is 2. The summed E-state index contributed by atoms with van der Waals surface area (Å²) in [6.07, 6.45) is 5.51. The molecule has 1 aromatic heterocycles. The van der Waals surface area contributed by atoms with Crippen molar-refractivity contribution >= 4 is 11.8 Å². The number of Topliss-reactive ketones (excluding diaryl/α,β-unsaturated/α-hetero) is 1. The lowest BCUT2D eigenvalue weighted by atomic mass is 9.85. The summed E-state index contributed by atoms with van der Waals surface area (Å²) in [5.41, 5.74) is 4.40. The zero-order valence-electron chi connectivity index (χ0n) is 20.9. The van der Waals surface area contributed by atoms with Crippen LogP contribution < -0.4 is 9.47 Å². The Morgan fingerprint density at radius 2 is 1.67 bits per heavy atom. The minimum Gasteiger partial charge on any atom is -0.496 e. The Kier molecular flexibility index (Phi) is 7.79. The normalized spacial score (nSPS) is 14.8. The first-order chi connectivity index (χ1) is 17.3. The maximum absolute atomic E-state index is 12.2. The molecule has 0 bridgehead atoms. The summed E-state index contributed by atoms with van der Waals surface area (Å²) in [7, 11) is 2.99. The lowest BCUT2D eigenvalue weighted by molar-refractivity contribution is -0.136. The molecule has 1 aliphatic rings. The van der Waals surface area contributed by atoms with Crippen LogP contribution in [-0.4, -0.2) is 40.8 Å². The van der Waals surface area contributed by atoms with E-state index < -0.39 is 12.1 Å². The van der Waals surface area contributed by atoms with Crippen LogP contribution in [0.2, 0.25) is 0 Å². The molecule has 0 aliphatic heterocycles. The molecule has 0 saturated carbocycles. The van der Waals surface area contributed by atoms with Gasteiger partial charge in [-0.15, -0.1) is 0 Å². The van der Waals surface area contributed by atoms with E-state index in [1.54, 1.807) is 18.2 Å². The van der Waals surface area contributed by atoms with Crippen molar-refractivity contribution in [2.45, 2.75) is 45.3 Å². The summed E-state index contributed by atoms with van der Waals surface area (Å²) in [6.45, 7) is 1.98. The lowest BCUT2D eigenvalue weighted by Crippen LogP contribution is -2.22. The SMILES string of the molecule is COc1cc([C@@H](O)[C@H](CC2Cc3ccccc3C2)Cn2ccc(CC(=O)O)c2)cc(OC)c1C(C)=O. The number of aliphatic carboxylic acids is 1. The number of ketones is 1. The fraction of sp³-hybridized carbons (Fsp3) is 0.379. The molecule has 1 heterocycles. The number of aliphatic hydroxyl groups is 1. The van der Waals surface area contributed by atoms with E-state index in [2.05, 4.69) is 24.3 Å². The van der Waals surface area contributed by atoms with E-state index in [0.29, 0.717) is 35.1 Å². The largest absolute Gasteiger partial charge is 0.496 e. The molecule has 36 heavy (non-hydrogen) atoms. The van der Waals surface area contributed by atoms with E-state index in [-0.39, 0.29) is 18.1 Å². The van der Waals surface area contributed by atoms with Crippen LogP contribution in [0, 0.1) is 11.8 Å². The molecule has 7 heteroatoms. The van der Waals surface area contributed by atoms with Crippen LogP contribution in [0.1, 0.15) is 52.1 Å².